The van der Waals surface area contributed by atoms with Gasteiger partial charge in [0.05, 0.1) is 5.02 Å². The molecule has 3 amide bonds. The summed E-state index contributed by atoms with van der Waals surface area (Å²) in [5.41, 5.74) is 0. The van der Waals surface area contributed by atoms with Gasteiger partial charge in [0.15, 0.2) is 6.10 Å². The number of thiophene rings is 1. The zero-order chi connectivity index (χ0) is 17.0. The molecule has 2 N–H and O–H groups in total. The van der Waals surface area contributed by atoms with Crippen molar-refractivity contribution in [3.8, 4) is 0 Å². The van der Waals surface area contributed by atoms with Gasteiger partial charge in [-0.15, -0.1) is 11.3 Å². The number of hydrogen-bond donors (Lipinski definition) is 2. The van der Waals surface area contributed by atoms with Crippen LogP contribution in [0.5, 0.6) is 0 Å². The Balaban J connectivity index is 2.07. The SMILES string of the molecule is CCNC(=O)NC(=O)[C@H](C)OC(=O)c1sc2ccccc2c1Cl. The number of ether oxygens (including phenoxy) is 1. The van der Waals surface area contributed by atoms with Crippen LogP contribution in [0.2, 0.25) is 5.02 Å². The third-order valence-corrected chi connectivity index (χ3v) is 4.60. The van der Waals surface area contributed by atoms with Gasteiger partial charge in [-0.2, -0.15) is 0 Å². The Kier molecular flexibility index (Phi) is 5.57. The van der Waals surface area contributed by atoms with Crippen molar-refractivity contribution in [3.63, 3.8) is 0 Å². The number of carbonyl (C=O) groups is 3. The van der Waals surface area contributed by atoms with Gasteiger partial charge >= 0.3 is 12.0 Å². The van der Waals surface area contributed by atoms with Crippen LogP contribution in [0.1, 0.15) is 23.5 Å². The van der Waals surface area contributed by atoms with Gasteiger partial charge in [0.2, 0.25) is 0 Å². The van der Waals surface area contributed by atoms with Gasteiger partial charge < -0.3 is 10.1 Å². The Morgan fingerprint density at radius 1 is 1.30 bits per heavy atom. The van der Waals surface area contributed by atoms with Crippen LogP contribution in [-0.2, 0) is 9.53 Å². The molecule has 0 aliphatic heterocycles. The average Bonchev–Trinajstić information content (AvgIpc) is 2.85. The minimum atomic E-state index is -1.12. The van der Waals surface area contributed by atoms with Crippen molar-refractivity contribution < 1.29 is 19.1 Å². The molecule has 0 aliphatic carbocycles. The predicted molar refractivity (Wildman–Crippen MR) is 88.9 cm³/mol. The van der Waals surface area contributed by atoms with E-state index in [0.717, 1.165) is 10.1 Å². The van der Waals surface area contributed by atoms with Crippen LogP contribution in [0, 0.1) is 0 Å². The number of rotatable bonds is 4. The highest BCUT2D eigenvalue weighted by atomic mass is 35.5. The fraction of sp³-hybridized carbons (Fsp3) is 0.267. The first-order chi connectivity index (χ1) is 10.9. The number of nitrogens with one attached hydrogen (secondary N) is 2. The van der Waals surface area contributed by atoms with Crippen LogP contribution in [0.25, 0.3) is 10.1 Å². The van der Waals surface area contributed by atoms with Crippen molar-refractivity contribution in [1.82, 2.24) is 10.6 Å². The Morgan fingerprint density at radius 2 is 2.00 bits per heavy atom. The van der Waals surface area contributed by atoms with Gasteiger partial charge in [-0.25, -0.2) is 9.59 Å². The minimum Gasteiger partial charge on any atom is -0.448 e. The lowest BCUT2D eigenvalue weighted by Gasteiger charge is -2.12. The predicted octanol–water partition coefficient (Wildman–Crippen LogP) is 2.95. The summed E-state index contributed by atoms with van der Waals surface area (Å²) in [7, 11) is 0. The number of imide groups is 1. The van der Waals surface area contributed by atoms with Gasteiger partial charge in [-0.1, -0.05) is 29.8 Å². The highest BCUT2D eigenvalue weighted by Gasteiger charge is 2.24. The quantitative estimate of drug-likeness (QED) is 0.827. The number of benzene rings is 1. The number of carbonyl (C=O) groups excluding carboxylic acids is 3. The Labute approximate surface area is 141 Å². The van der Waals surface area contributed by atoms with Crippen molar-refractivity contribution in [3.05, 3.63) is 34.2 Å². The fourth-order valence-electron chi connectivity index (χ4n) is 1.83. The molecule has 1 aromatic carbocycles. The Bertz CT molecular complexity index is 759. The van der Waals surface area contributed by atoms with Crippen molar-refractivity contribution in [2.75, 3.05) is 6.54 Å². The largest absolute Gasteiger partial charge is 0.448 e. The summed E-state index contributed by atoms with van der Waals surface area (Å²) in [6, 6.07) is 6.66. The van der Waals surface area contributed by atoms with Crippen molar-refractivity contribution >= 4 is 50.9 Å². The molecule has 0 spiro atoms. The lowest BCUT2D eigenvalue weighted by molar-refractivity contribution is -0.127. The van der Waals surface area contributed by atoms with Crippen LogP contribution < -0.4 is 10.6 Å². The van der Waals surface area contributed by atoms with Crippen LogP contribution in [0.4, 0.5) is 4.79 Å². The molecule has 0 saturated heterocycles. The maximum Gasteiger partial charge on any atom is 0.350 e. The van der Waals surface area contributed by atoms with E-state index in [4.69, 9.17) is 16.3 Å². The average molecular weight is 355 g/mol. The van der Waals surface area contributed by atoms with E-state index in [1.54, 1.807) is 13.0 Å². The standard InChI is InChI=1S/C15H15ClN2O4S/c1-3-17-15(21)18-13(19)8(2)22-14(20)12-11(16)9-6-4-5-7-10(9)23-12/h4-8H,3H2,1-2H3,(H2,17,18,19,21)/t8-/m0/s1. The van der Waals surface area contributed by atoms with E-state index in [0.29, 0.717) is 11.6 Å². The molecule has 1 atom stereocenters. The van der Waals surface area contributed by atoms with E-state index in [2.05, 4.69) is 10.6 Å². The molecule has 0 fully saturated rings. The molecule has 8 heteroatoms. The van der Waals surface area contributed by atoms with E-state index in [1.165, 1.54) is 18.3 Å². The molecule has 0 saturated carbocycles. The number of halogens is 1. The second kappa shape index (κ2) is 7.43. The lowest BCUT2D eigenvalue weighted by atomic mass is 10.2. The number of hydrogen-bond acceptors (Lipinski definition) is 5. The third kappa shape index (κ3) is 4.00. The molecule has 2 aromatic rings. The Hall–Kier alpha value is -2.12. The lowest BCUT2D eigenvalue weighted by Crippen LogP contribution is -2.44. The van der Waals surface area contributed by atoms with Crippen LogP contribution in [0.3, 0.4) is 0 Å². The zero-order valence-corrected chi connectivity index (χ0v) is 14.1. The summed E-state index contributed by atoms with van der Waals surface area (Å²) in [5.74, 6) is -1.41. The summed E-state index contributed by atoms with van der Waals surface area (Å²) >= 11 is 7.38. The number of amides is 3. The first-order valence-electron chi connectivity index (χ1n) is 6.90. The maximum absolute atomic E-state index is 12.2. The monoisotopic (exact) mass is 354 g/mol. The number of esters is 1. The molecule has 6 nitrogen and oxygen atoms in total. The molecule has 2 rings (SSSR count). The van der Waals surface area contributed by atoms with Crippen LogP contribution in [-0.4, -0.2) is 30.6 Å². The fourth-order valence-corrected chi connectivity index (χ4v) is 3.22. The maximum atomic E-state index is 12.2. The molecule has 23 heavy (non-hydrogen) atoms. The smallest absolute Gasteiger partial charge is 0.350 e. The molecule has 122 valence electrons. The second-order valence-corrected chi connectivity index (χ2v) is 6.07. The van der Waals surface area contributed by atoms with E-state index < -0.39 is 24.0 Å². The van der Waals surface area contributed by atoms with Gasteiger partial charge in [0.25, 0.3) is 5.91 Å². The number of urea groups is 1. The van der Waals surface area contributed by atoms with Crippen LogP contribution in [0.15, 0.2) is 24.3 Å². The third-order valence-electron chi connectivity index (χ3n) is 2.95. The minimum absolute atomic E-state index is 0.227. The van der Waals surface area contributed by atoms with Crippen molar-refractivity contribution in [1.29, 1.82) is 0 Å². The molecule has 0 aliphatic rings. The first-order valence-corrected chi connectivity index (χ1v) is 8.10. The molecular formula is C15H15ClN2O4S. The molecule has 1 aromatic heterocycles. The molecular weight excluding hydrogens is 340 g/mol. The highest BCUT2D eigenvalue weighted by Crippen LogP contribution is 2.35. The van der Waals surface area contributed by atoms with E-state index in [9.17, 15) is 14.4 Å². The summed E-state index contributed by atoms with van der Waals surface area (Å²) in [6.07, 6.45) is -1.12. The summed E-state index contributed by atoms with van der Waals surface area (Å²) in [5, 5.41) is 5.55. The van der Waals surface area contributed by atoms with E-state index in [1.807, 2.05) is 18.2 Å². The van der Waals surface area contributed by atoms with E-state index >= 15 is 0 Å². The van der Waals surface area contributed by atoms with Gasteiger partial charge in [0.1, 0.15) is 4.88 Å². The van der Waals surface area contributed by atoms with Crippen molar-refractivity contribution in [2.24, 2.45) is 0 Å². The van der Waals surface area contributed by atoms with Crippen LogP contribution >= 0.6 is 22.9 Å². The number of fused-ring (bicyclic) bond motifs is 1. The second-order valence-electron chi connectivity index (χ2n) is 4.64. The zero-order valence-electron chi connectivity index (χ0n) is 12.5. The summed E-state index contributed by atoms with van der Waals surface area (Å²) in [6.45, 7) is 3.48. The van der Waals surface area contributed by atoms with Gasteiger partial charge in [0, 0.05) is 16.6 Å². The summed E-state index contributed by atoms with van der Waals surface area (Å²) in [4.78, 5) is 35.5. The molecule has 0 bridgehead atoms. The topological polar surface area (TPSA) is 84.5 Å². The first kappa shape index (κ1) is 17.2. The van der Waals surface area contributed by atoms with Gasteiger partial charge in [-0.05, 0) is 19.9 Å². The van der Waals surface area contributed by atoms with E-state index in [-0.39, 0.29) is 4.88 Å². The summed E-state index contributed by atoms with van der Waals surface area (Å²) < 4.78 is 5.93. The van der Waals surface area contributed by atoms with Crippen molar-refractivity contribution in [2.45, 2.75) is 20.0 Å². The molecule has 0 radical (unpaired) electrons. The normalized spacial score (nSPS) is 11.8. The molecule has 0 unspecified atom stereocenters. The Morgan fingerprint density at radius 3 is 2.65 bits per heavy atom. The van der Waals surface area contributed by atoms with Gasteiger partial charge in [-0.3, -0.25) is 10.1 Å². The highest BCUT2D eigenvalue weighted by molar-refractivity contribution is 7.21. The molecule has 1 heterocycles.